The first-order valence-electron chi connectivity index (χ1n) is 9.86. The largest absolute Gasteiger partial charge is 0.481 e. The zero-order valence-corrected chi connectivity index (χ0v) is 17.3. The molecule has 0 atom stereocenters. The lowest BCUT2D eigenvalue weighted by Crippen LogP contribution is -2.09. The number of carboxylic acids is 2. The number of hydrogen-bond acceptors (Lipinski definition) is 6. The van der Waals surface area contributed by atoms with E-state index in [1.807, 2.05) is 0 Å². The van der Waals surface area contributed by atoms with Crippen molar-refractivity contribution in [3.05, 3.63) is 35.9 Å². The number of carboxylic acid groups (broad SMARTS) is 2. The van der Waals surface area contributed by atoms with Crippen LogP contribution in [0.15, 0.2) is 30.3 Å². The molecule has 4 N–H and O–H groups in total. The van der Waals surface area contributed by atoms with Gasteiger partial charge in [-0.15, -0.1) is 0 Å². The molecule has 0 aliphatic carbocycles. The minimum atomic E-state index is -0.879. The van der Waals surface area contributed by atoms with E-state index in [1.54, 1.807) is 30.3 Å². The van der Waals surface area contributed by atoms with Crippen LogP contribution in [-0.4, -0.2) is 72.0 Å². The molecular formula is C21H36O8. The van der Waals surface area contributed by atoms with E-state index in [2.05, 4.69) is 6.92 Å². The molecule has 0 aromatic heterocycles. The van der Waals surface area contributed by atoms with Gasteiger partial charge in [0.1, 0.15) is 0 Å². The third-order valence-corrected chi connectivity index (χ3v) is 3.36. The van der Waals surface area contributed by atoms with Crippen molar-refractivity contribution in [3.8, 4) is 0 Å². The fraction of sp³-hybridized carbons (Fsp3) is 0.619. The summed E-state index contributed by atoms with van der Waals surface area (Å²) in [5.41, 5.74) is 0.331. The molecule has 1 aromatic rings. The summed E-state index contributed by atoms with van der Waals surface area (Å²) >= 11 is 0. The van der Waals surface area contributed by atoms with Crippen LogP contribution in [0.1, 0.15) is 55.8 Å². The Kier molecular flexibility index (Phi) is 24.2. The molecular weight excluding hydrogens is 380 g/mol. The van der Waals surface area contributed by atoms with Gasteiger partial charge in [0.25, 0.3) is 0 Å². The summed E-state index contributed by atoms with van der Waals surface area (Å²) in [4.78, 5) is 20.2. The lowest BCUT2D eigenvalue weighted by Gasteiger charge is -2.01. The zero-order valence-electron chi connectivity index (χ0n) is 17.3. The van der Waals surface area contributed by atoms with Gasteiger partial charge >= 0.3 is 11.9 Å². The maximum Gasteiger partial charge on any atom is 0.335 e. The van der Waals surface area contributed by atoms with Crippen LogP contribution >= 0.6 is 0 Å². The van der Waals surface area contributed by atoms with Crippen LogP contribution in [-0.2, 0) is 14.3 Å². The summed E-state index contributed by atoms with van der Waals surface area (Å²) in [6.45, 7) is 3.88. The number of ether oxygens (including phenoxy) is 2. The van der Waals surface area contributed by atoms with Gasteiger partial charge < -0.3 is 29.9 Å². The lowest BCUT2D eigenvalue weighted by atomic mass is 10.1. The second-order valence-corrected chi connectivity index (χ2v) is 5.90. The number of rotatable bonds is 14. The van der Waals surface area contributed by atoms with E-state index < -0.39 is 11.9 Å². The van der Waals surface area contributed by atoms with E-state index in [0.29, 0.717) is 38.4 Å². The molecule has 0 unspecified atom stereocenters. The van der Waals surface area contributed by atoms with Crippen molar-refractivity contribution in [2.75, 3.05) is 39.6 Å². The quantitative estimate of drug-likeness (QED) is 0.340. The van der Waals surface area contributed by atoms with Crippen LogP contribution < -0.4 is 0 Å². The minimum Gasteiger partial charge on any atom is -0.481 e. The first-order chi connectivity index (χ1) is 14.0. The zero-order chi connectivity index (χ0) is 22.2. The van der Waals surface area contributed by atoms with Gasteiger partial charge in [-0.05, 0) is 18.6 Å². The number of aromatic carboxylic acids is 1. The lowest BCUT2D eigenvalue weighted by molar-refractivity contribution is -0.137. The molecule has 29 heavy (non-hydrogen) atoms. The van der Waals surface area contributed by atoms with Crippen LogP contribution in [0.25, 0.3) is 0 Å². The second kappa shape index (κ2) is 24.0. The summed E-state index contributed by atoms with van der Waals surface area (Å²) in [5, 5.41) is 33.2. The van der Waals surface area contributed by atoms with E-state index >= 15 is 0 Å². The Morgan fingerprint density at radius 1 is 0.793 bits per heavy atom. The Labute approximate surface area is 173 Å². The van der Waals surface area contributed by atoms with Crippen molar-refractivity contribution >= 4 is 11.9 Å². The second-order valence-electron chi connectivity index (χ2n) is 5.90. The molecule has 1 aromatic carbocycles. The minimum absolute atomic E-state index is 0.0417. The van der Waals surface area contributed by atoms with E-state index in [1.165, 1.54) is 19.3 Å². The summed E-state index contributed by atoms with van der Waals surface area (Å²) in [5.74, 6) is -1.55. The molecule has 0 aliphatic rings. The monoisotopic (exact) mass is 416 g/mol. The van der Waals surface area contributed by atoms with Crippen LogP contribution in [0.2, 0.25) is 0 Å². The molecule has 0 saturated carbocycles. The molecule has 168 valence electrons. The molecule has 0 fully saturated rings. The summed E-state index contributed by atoms with van der Waals surface area (Å²) < 4.78 is 9.75. The molecule has 0 spiro atoms. The summed E-state index contributed by atoms with van der Waals surface area (Å²) in [7, 11) is 0. The van der Waals surface area contributed by atoms with Crippen molar-refractivity contribution in [3.63, 3.8) is 0 Å². The number of aliphatic carboxylic acids is 1. The summed E-state index contributed by atoms with van der Waals surface area (Å²) in [6, 6.07) is 8.30. The van der Waals surface area contributed by atoms with Crippen molar-refractivity contribution in [2.45, 2.75) is 45.4 Å². The average molecular weight is 417 g/mol. The van der Waals surface area contributed by atoms with Gasteiger partial charge in [0, 0.05) is 6.42 Å². The van der Waals surface area contributed by atoms with Gasteiger partial charge in [-0.2, -0.15) is 0 Å². The smallest absolute Gasteiger partial charge is 0.335 e. The number of benzene rings is 1. The molecule has 1 rings (SSSR count). The summed E-state index contributed by atoms with van der Waals surface area (Å²) in [6.07, 6.45) is 5.88. The number of carbonyl (C=O) groups is 2. The van der Waals surface area contributed by atoms with E-state index in [0.717, 1.165) is 12.8 Å². The number of aliphatic hydroxyl groups is 2. The van der Waals surface area contributed by atoms with Crippen LogP contribution in [0, 0.1) is 0 Å². The topological polar surface area (TPSA) is 134 Å². The molecule has 0 saturated heterocycles. The number of unbranched alkanes of at least 4 members (excludes halogenated alkanes) is 4. The standard InChI is InChI=1S/C8H16O2.C7H6O2.C6H14O4/c1-2-3-4-5-6-7-8(9)10;8-7(9)6-4-2-1-3-5-6;7-1-3-9-5-6-10-4-2-8/h2-7H2,1H3,(H,9,10);1-5H,(H,8,9);7-8H,1-6H2. The van der Waals surface area contributed by atoms with Crippen LogP contribution in [0.4, 0.5) is 0 Å². The highest BCUT2D eigenvalue weighted by Crippen LogP contribution is 2.04. The van der Waals surface area contributed by atoms with Gasteiger partial charge in [0.2, 0.25) is 0 Å². The molecule has 8 nitrogen and oxygen atoms in total. The normalized spacial score (nSPS) is 9.62. The number of hydrogen-bond donors (Lipinski definition) is 4. The van der Waals surface area contributed by atoms with Gasteiger partial charge in [0.15, 0.2) is 0 Å². The Hall–Kier alpha value is -2.00. The predicted octanol–water partition coefficient (Wildman–Crippen LogP) is 2.82. The van der Waals surface area contributed by atoms with Crippen molar-refractivity contribution in [1.82, 2.24) is 0 Å². The molecule has 0 heterocycles. The SMILES string of the molecule is CCCCCCCC(=O)O.O=C(O)c1ccccc1.OCCOCCOCCO. The Balaban J connectivity index is 0. The molecule has 8 heteroatoms. The average Bonchev–Trinajstić information content (AvgIpc) is 2.72. The Morgan fingerprint density at radius 3 is 1.69 bits per heavy atom. The highest BCUT2D eigenvalue weighted by molar-refractivity contribution is 5.87. The van der Waals surface area contributed by atoms with Gasteiger partial charge in [0.05, 0.1) is 45.2 Å². The van der Waals surface area contributed by atoms with Crippen molar-refractivity contribution in [1.29, 1.82) is 0 Å². The highest BCUT2D eigenvalue weighted by Gasteiger charge is 1.96. The van der Waals surface area contributed by atoms with Crippen molar-refractivity contribution in [2.24, 2.45) is 0 Å². The predicted molar refractivity (Wildman–Crippen MR) is 110 cm³/mol. The van der Waals surface area contributed by atoms with Gasteiger partial charge in [-0.3, -0.25) is 4.79 Å². The maximum atomic E-state index is 10.2. The Morgan fingerprint density at radius 2 is 1.31 bits per heavy atom. The molecule has 0 amide bonds. The van der Waals surface area contributed by atoms with Crippen LogP contribution in [0.3, 0.4) is 0 Å². The van der Waals surface area contributed by atoms with Gasteiger partial charge in [-0.1, -0.05) is 50.8 Å². The molecule has 0 radical (unpaired) electrons. The first-order valence-corrected chi connectivity index (χ1v) is 9.86. The highest BCUT2D eigenvalue weighted by atomic mass is 16.5. The third-order valence-electron chi connectivity index (χ3n) is 3.36. The fourth-order valence-electron chi connectivity index (χ4n) is 1.91. The first kappa shape index (κ1) is 29.2. The van der Waals surface area contributed by atoms with Crippen LogP contribution in [0.5, 0.6) is 0 Å². The van der Waals surface area contributed by atoms with Gasteiger partial charge in [-0.25, -0.2) is 4.79 Å². The fourth-order valence-corrected chi connectivity index (χ4v) is 1.91. The van der Waals surface area contributed by atoms with E-state index in [4.69, 9.17) is 29.9 Å². The molecule has 0 bridgehead atoms. The number of aliphatic hydroxyl groups excluding tert-OH is 2. The molecule has 0 aliphatic heterocycles. The van der Waals surface area contributed by atoms with E-state index in [9.17, 15) is 9.59 Å². The Bertz CT molecular complexity index is 471. The van der Waals surface area contributed by atoms with E-state index in [-0.39, 0.29) is 13.2 Å². The maximum absolute atomic E-state index is 10.2. The third kappa shape index (κ3) is 26.0. The van der Waals surface area contributed by atoms with Crippen molar-refractivity contribution < 1.29 is 39.5 Å².